The molecule has 0 amide bonds. The van der Waals surface area contributed by atoms with Crippen LogP contribution < -0.4 is 0 Å². The zero-order chi connectivity index (χ0) is 23.2. The van der Waals surface area contributed by atoms with Crippen LogP contribution in [-0.4, -0.2) is 41.2 Å². The van der Waals surface area contributed by atoms with Gasteiger partial charge in [-0.15, -0.1) is 11.6 Å². The van der Waals surface area contributed by atoms with Gasteiger partial charge in [-0.1, -0.05) is 34.1 Å². The van der Waals surface area contributed by atoms with Crippen molar-refractivity contribution in [3.63, 3.8) is 0 Å². The molecule has 0 spiro atoms. The maximum atomic E-state index is 13.4. The molecule has 0 radical (unpaired) electrons. The van der Waals surface area contributed by atoms with E-state index in [9.17, 15) is 14.7 Å². The second kappa shape index (κ2) is 8.52. The normalized spacial score (nSPS) is 42.6. The van der Waals surface area contributed by atoms with E-state index in [1.54, 1.807) is 0 Å². The number of hydrogen-bond donors (Lipinski definition) is 1. The molecule has 0 aromatic heterocycles. The van der Waals surface area contributed by atoms with E-state index >= 15 is 0 Å². The number of fused-ring (bicyclic) bond motifs is 3. The molecule has 1 N–H and O–H groups in total. The summed E-state index contributed by atoms with van der Waals surface area (Å²) in [5, 5.41) is 9.46. The van der Waals surface area contributed by atoms with E-state index in [0.29, 0.717) is 17.3 Å². The van der Waals surface area contributed by atoms with Crippen LogP contribution in [0.1, 0.15) is 86.5 Å². The van der Waals surface area contributed by atoms with E-state index in [1.165, 1.54) is 26.2 Å². The summed E-state index contributed by atoms with van der Waals surface area (Å²) in [7, 11) is 0. The van der Waals surface area contributed by atoms with Crippen LogP contribution in [0, 0.1) is 34.0 Å². The molecule has 31 heavy (non-hydrogen) atoms. The summed E-state index contributed by atoms with van der Waals surface area (Å²) in [5.41, 5.74) is 0.289. The minimum absolute atomic E-state index is 0.147. The van der Waals surface area contributed by atoms with Crippen LogP contribution in [0.5, 0.6) is 0 Å². The molecule has 3 saturated carbocycles. The highest BCUT2D eigenvalue weighted by Crippen LogP contribution is 2.70. The Morgan fingerprint density at radius 3 is 2.26 bits per heavy atom. The van der Waals surface area contributed by atoms with Crippen molar-refractivity contribution in [2.24, 2.45) is 34.0 Å². The summed E-state index contributed by atoms with van der Waals surface area (Å²) in [5.74, 6) is -0.184. The summed E-state index contributed by atoms with van der Waals surface area (Å²) in [6, 6.07) is 0. The standard InChI is InChI=1S/C25H41ClO5/c1-16(28)31-17(14-27)15-30-21(29)20-24(5)12-8-18-22(2,3)10-7-11-23(18,4)19(24)9-13-25(20,6)26/h17-20,27H,7-15H2,1-6H3/t17-,18+,19?,20?,23+,24-,25-/m0/s1. The Bertz CT molecular complexity index is 704. The van der Waals surface area contributed by atoms with Crippen molar-refractivity contribution in [3.05, 3.63) is 0 Å². The number of ether oxygens (including phenoxy) is 2. The van der Waals surface area contributed by atoms with E-state index in [4.69, 9.17) is 21.1 Å². The first-order valence-corrected chi connectivity index (χ1v) is 12.3. The van der Waals surface area contributed by atoms with E-state index < -0.39 is 22.9 Å². The third-order valence-electron chi connectivity index (χ3n) is 9.21. The first-order chi connectivity index (χ1) is 14.3. The molecular formula is C25H41ClO5. The third kappa shape index (κ3) is 4.38. The van der Waals surface area contributed by atoms with Crippen LogP contribution in [0.3, 0.4) is 0 Å². The Balaban J connectivity index is 1.86. The number of alkyl halides is 1. The van der Waals surface area contributed by atoms with Crippen molar-refractivity contribution in [1.82, 2.24) is 0 Å². The topological polar surface area (TPSA) is 72.8 Å². The van der Waals surface area contributed by atoms with Gasteiger partial charge in [-0.2, -0.15) is 0 Å². The molecule has 3 fully saturated rings. The molecule has 7 atom stereocenters. The minimum Gasteiger partial charge on any atom is -0.461 e. The maximum absolute atomic E-state index is 13.4. The largest absolute Gasteiger partial charge is 0.461 e. The van der Waals surface area contributed by atoms with Gasteiger partial charge in [0.15, 0.2) is 6.10 Å². The Labute approximate surface area is 192 Å². The average Bonchev–Trinajstić information content (AvgIpc) is 2.62. The van der Waals surface area contributed by atoms with Gasteiger partial charge in [-0.3, -0.25) is 9.59 Å². The van der Waals surface area contributed by atoms with E-state index in [1.807, 2.05) is 6.92 Å². The number of carbonyl (C=O) groups is 2. The molecule has 0 heterocycles. The lowest BCUT2D eigenvalue weighted by molar-refractivity contribution is -0.192. The van der Waals surface area contributed by atoms with Crippen LogP contribution in [0.25, 0.3) is 0 Å². The van der Waals surface area contributed by atoms with Gasteiger partial charge < -0.3 is 14.6 Å². The Morgan fingerprint density at radius 2 is 1.65 bits per heavy atom. The fourth-order valence-electron chi connectivity index (χ4n) is 8.08. The van der Waals surface area contributed by atoms with Crippen molar-refractivity contribution in [1.29, 1.82) is 0 Å². The second-order valence-electron chi connectivity index (χ2n) is 11.8. The number of rotatable bonds is 5. The smallest absolute Gasteiger partial charge is 0.311 e. The van der Waals surface area contributed by atoms with Crippen LogP contribution in [0.2, 0.25) is 0 Å². The lowest BCUT2D eigenvalue weighted by atomic mass is 9.38. The Kier molecular flexibility index (Phi) is 6.82. The SMILES string of the molecule is CC(=O)O[C@@H](CO)COC(=O)C1[C@@]2(C)CC[C@@H]3C(C)(C)CCC[C@@]3(C)C2CC[C@]1(C)Cl. The van der Waals surface area contributed by atoms with Crippen LogP contribution in [0.4, 0.5) is 0 Å². The predicted octanol–water partition coefficient (Wildman–Crippen LogP) is 5.11. The summed E-state index contributed by atoms with van der Waals surface area (Å²) in [4.78, 5) is 24.0. The van der Waals surface area contributed by atoms with Gasteiger partial charge in [0, 0.05) is 6.92 Å². The molecule has 0 aromatic rings. The van der Waals surface area contributed by atoms with Crippen molar-refractivity contribution in [2.45, 2.75) is 97.5 Å². The van der Waals surface area contributed by atoms with Gasteiger partial charge in [0.25, 0.3) is 0 Å². The monoisotopic (exact) mass is 456 g/mol. The van der Waals surface area contributed by atoms with Crippen molar-refractivity contribution >= 4 is 23.5 Å². The lowest BCUT2D eigenvalue weighted by Crippen LogP contribution is -2.63. The third-order valence-corrected chi connectivity index (χ3v) is 9.61. The molecule has 6 heteroatoms. The summed E-state index contributed by atoms with van der Waals surface area (Å²) in [6.45, 7) is 12.3. The number of carbonyl (C=O) groups excluding carboxylic acids is 2. The lowest BCUT2D eigenvalue weighted by Gasteiger charge is -2.66. The average molecular weight is 457 g/mol. The number of aliphatic hydroxyl groups is 1. The minimum atomic E-state index is -0.845. The van der Waals surface area contributed by atoms with Gasteiger partial charge in [0.2, 0.25) is 0 Å². The highest BCUT2D eigenvalue weighted by Gasteiger charge is 2.65. The number of esters is 2. The van der Waals surface area contributed by atoms with Crippen LogP contribution in [0.15, 0.2) is 0 Å². The molecular weight excluding hydrogens is 416 g/mol. The van der Waals surface area contributed by atoms with E-state index in [0.717, 1.165) is 25.7 Å². The van der Waals surface area contributed by atoms with E-state index in [2.05, 4.69) is 27.7 Å². The van der Waals surface area contributed by atoms with Crippen LogP contribution >= 0.6 is 11.6 Å². The quantitative estimate of drug-likeness (QED) is 0.459. The first-order valence-electron chi connectivity index (χ1n) is 11.9. The zero-order valence-corrected chi connectivity index (χ0v) is 20.9. The Hall–Kier alpha value is -0.810. The molecule has 2 unspecified atom stereocenters. The van der Waals surface area contributed by atoms with Crippen molar-refractivity contribution in [2.75, 3.05) is 13.2 Å². The molecule has 0 bridgehead atoms. The number of halogens is 1. The molecule has 3 aliphatic carbocycles. The molecule has 3 aliphatic rings. The summed E-state index contributed by atoms with van der Waals surface area (Å²) in [6.07, 6.45) is 6.77. The molecule has 0 saturated heterocycles. The molecule has 3 rings (SSSR count). The highest BCUT2D eigenvalue weighted by atomic mass is 35.5. The van der Waals surface area contributed by atoms with Gasteiger partial charge >= 0.3 is 11.9 Å². The van der Waals surface area contributed by atoms with Gasteiger partial charge in [-0.05, 0) is 73.5 Å². The Morgan fingerprint density at radius 1 is 1.00 bits per heavy atom. The second-order valence-corrected chi connectivity index (χ2v) is 12.7. The number of aliphatic hydroxyl groups excluding tert-OH is 1. The van der Waals surface area contributed by atoms with Gasteiger partial charge in [0.05, 0.1) is 17.4 Å². The molecule has 5 nitrogen and oxygen atoms in total. The van der Waals surface area contributed by atoms with Gasteiger partial charge in [0.1, 0.15) is 6.61 Å². The van der Waals surface area contributed by atoms with E-state index in [-0.39, 0.29) is 30.0 Å². The highest BCUT2D eigenvalue weighted by molar-refractivity contribution is 6.25. The molecule has 178 valence electrons. The van der Waals surface area contributed by atoms with Gasteiger partial charge in [-0.25, -0.2) is 0 Å². The summed E-state index contributed by atoms with van der Waals surface area (Å²) >= 11 is 7.02. The predicted molar refractivity (Wildman–Crippen MR) is 121 cm³/mol. The first kappa shape index (κ1) is 24.8. The fraction of sp³-hybridized carbons (Fsp3) is 0.920. The molecule has 0 aliphatic heterocycles. The number of hydrogen-bond acceptors (Lipinski definition) is 5. The van der Waals surface area contributed by atoms with Crippen molar-refractivity contribution < 1.29 is 24.2 Å². The molecule has 0 aromatic carbocycles. The zero-order valence-electron chi connectivity index (χ0n) is 20.1. The fourth-order valence-corrected chi connectivity index (χ4v) is 8.53. The maximum Gasteiger partial charge on any atom is 0.311 e. The van der Waals surface area contributed by atoms with Crippen LogP contribution in [-0.2, 0) is 19.1 Å². The van der Waals surface area contributed by atoms with Crippen molar-refractivity contribution in [3.8, 4) is 0 Å². The summed E-state index contributed by atoms with van der Waals surface area (Å²) < 4.78 is 10.7.